The Kier molecular flexibility index (Phi) is 5.70. The summed E-state index contributed by atoms with van der Waals surface area (Å²) in [5.41, 5.74) is 6.55. The molecule has 1 fully saturated rings. The largest absolute Gasteiger partial charge is 0.492 e. The summed E-state index contributed by atoms with van der Waals surface area (Å²) >= 11 is 0. The first kappa shape index (κ1) is 19.2. The van der Waals surface area contributed by atoms with Gasteiger partial charge in [0.25, 0.3) is 0 Å². The average molecular weight is 373 g/mol. The van der Waals surface area contributed by atoms with E-state index in [-0.39, 0.29) is 11.6 Å². The van der Waals surface area contributed by atoms with Gasteiger partial charge in [-0.2, -0.15) is 0 Å². The highest BCUT2D eigenvalue weighted by molar-refractivity contribution is 5.96. The maximum absolute atomic E-state index is 12.7. The normalized spacial score (nSPS) is 13.7. The van der Waals surface area contributed by atoms with Crippen molar-refractivity contribution < 1.29 is 14.6 Å². The van der Waals surface area contributed by atoms with Crippen molar-refractivity contribution in [1.29, 1.82) is 0 Å². The molecule has 27 heavy (non-hydrogen) atoms. The van der Waals surface area contributed by atoms with Crippen LogP contribution in [-0.4, -0.2) is 42.4 Å². The summed E-state index contributed by atoms with van der Waals surface area (Å²) in [5.74, 6) is -0.570. The molecule has 0 radical (unpaired) electrons. The third kappa shape index (κ3) is 3.64. The first-order valence-electron chi connectivity index (χ1n) is 9.47. The highest BCUT2D eigenvalue weighted by atomic mass is 16.5. The summed E-state index contributed by atoms with van der Waals surface area (Å²) in [7, 11) is 1.60. The van der Waals surface area contributed by atoms with Crippen LogP contribution in [0.25, 0.3) is 10.9 Å². The monoisotopic (exact) mass is 373 g/mol. The summed E-state index contributed by atoms with van der Waals surface area (Å²) < 4.78 is 7.66. The predicted molar refractivity (Wildman–Crippen MR) is 106 cm³/mol. The second-order valence-corrected chi connectivity index (χ2v) is 6.91. The summed E-state index contributed by atoms with van der Waals surface area (Å²) in [4.78, 5) is 26.4. The molecule has 1 aliphatic rings. The molecule has 0 bridgehead atoms. The van der Waals surface area contributed by atoms with Crippen molar-refractivity contribution >= 4 is 22.6 Å². The number of fused-ring (bicyclic) bond motifs is 1. The molecule has 0 atom stereocenters. The van der Waals surface area contributed by atoms with Gasteiger partial charge in [0, 0.05) is 25.3 Å². The van der Waals surface area contributed by atoms with E-state index in [0.717, 1.165) is 44.5 Å². The molecule has 146 valence electrons. The molecule has 7 nitrogen and oxygen atoms in total. The van der Waals surface area contributed by atoms with Crippen LogP contribution < -0.4 is 20.8 Å². The fourth-order valence-electron chi connectivity index (χ4n) is 3.55. The van der Waals surface area contributed by atoms with Crippen LogP contribution in [0.3, 0.4) is 0 Å². The number of unbranched alkanes of at least 4 members (excludes halogenated alkanes) is 1. The zero-order valence-corrected chi connectivity index (χ0v) is 15.9. The van der Waals surface area contributed by atoms with Crippen LogP contribution >= 0.6 is 0 Å². The topological polar surface area (TPSA) is 97.8 Å². The van der Waals surface area contributed by atoms with Gasteiger partial charge in [-0.1, -0.05) is 0 Å². The number of ether oxygens (including phenoxy) is 1. The molecule has 3 N–H and O–H groups in total. The van der Waals surface area contributed by atoms with Gasteiger partial charge in [-0.25, -0.2) is 4.79 Å². The highest BCUT2D eigenvalue weighted by Gasteiger charge is 2.29. The fraction of sp³-hybridized carbons (Fsp3) is 0.500. The molecule has 1 aromatic carbocycles. The molecule has 1 heterocycles. The van der Waals surface area contributed by atoms with E-state index in [0.29, 0.717) is 23.2 Å². The Hall–Kier alpha value is -2.54. The number of aromatic nitrogens is 1. The lowest BCUT2D eigenvalue weighted by Gasteiger charge is -2.26. The molecule has 1 saturated carbocycles. The quantitative estimate of drug-likeness (QED) is 0.656. The molecular formula is C20H27N3O4. The molecule has 0 aliphatic heterocycles. The molecule has 1 aromatic heterocycles. The Morgan fingerprint density at radius 1 is 1.37 bits per heavy atom. The van der Waals surface area contributed by atoms with Crippen molar-refractivity contribution in [2.24, 2.45) is 5.73 Å². The molecule has 7 heteroatoms. The van der Waals surface area contributed by atoms with Crippen molar-refractivity contribution in [3.8, 4) is 5.75 Å². The molecule has 0 amide bonds. The molecule has 3 rings (SSSR count). The Morgan fingerprint density at radius 3 is 2.67 bits per heavy atom. The third-order valence-electron chi connectivity index (χ3n) is 5.11. The summed E-state index contributed by atoms with van der Waals surface area (Å²) in [5, 5.41) is 9.81. The Balaban J connectivity index is 2.21. The molecular weight excluding hydrogens is 346 g/mol. The molecule has 2 aromatic rings. The van der Waals surface area contributed by atoms with Crippen molar-refractivity contribution in [2.75, 3.05) is 31.6 Å². The zero-order valence-electron chi connectivity index (χ0n) is 15.9. The van der Waals surface area contributed by atoms with Gasteiger partial charge in [-0.05, 0) is 51.3 Å². The standard InChI is InChI=1S/C20H27N3O4/c1-3-22(11-5-4-10-21)16-9-8-14-17(19(16)27-2)23(13-6-7-13)12-15(18(14)24)20(25)26/h8-9,12-13H,3-7,10-11,21H2,1-2H3,(H,25,26). The first-order chi connectivity index (χ1) is 13.0. The number of carboxylic acid groups (broad SMARTS) is 1. The predicted octanol–water partition coefficient (Wildman–Crippen LogP) is 2.61. The van der Waals surface area contributed by atoms with Gasteiger partial charge in [-0.3, -0.25) is 4.79 Å². The number of benzene rings is 1. The lowest BCUT2D eigenvalue weighted by molar-refractivity contribution is 0.0695. The fourth-order valence-corrected chi connectivity index (χ4v) is 3.55. The van der Waals surface area contributed by atoms with Gasteiger partial charge in [0.1, 0.15) is 5.56 Å². The first-order valence-corrected chi connectivity index (χ1v) is 9.47. The van der Waals surface area contributed by atoms with Crippen LogP contribution in [0.1, 0.15) is 49.0 Å². The lowest BCUT2D eigenvalue weighted by atomic mass is 10.1. The van der Waals surface area contributed by atoms with Crippen LogP contribution in [0.15, 0.2) is 23.1 Å². The lowest BCUT2D eigenvalue weighted by Crippen LogP contribution is -2.26. The Labute approximate surface area is 158 Å². The number of aromatic carboxylic acids is 1. The van der Waals surface area contributed by atoms with E-state index >= 15 is 0 Å². The second-order valence-electron chi connectivity index (χ2n) is 6.91. The summed E-state index contributed by atoms with van der Waals surface area (Å²) in [6.45, 7) is 4.38. The Morgan fingerprint density at radius 2 is 2.11 bits per heavy atom. The minimum atomic E-state index is -1.20. The van der Waals surface area contributed by atoms with Gasteiger partial charge >= 0.3 is 5.97 Å². The number of nitrogens with two attached hydrogens (primary N) is 1. The number of carboxylic acids is 1. The van der Waals surface area contributed by atoms with Crippen molar-refractivity contribution in [3.63, 3.8) is 0 Å². The van der Waals surface area contributed by atoms with Gasteiger partial charge in [0.2, 0.25) is 5.43 Å². The number of carbonyl (C=O) groups is 1. The second kappa shape index (κ2) is 8.00. The number of pyridine rings is 1. The summed E-state index contributed by atoms with van der Waals surface area (Å²) in [6.07, 6.45) is 5.33. The van der Waals surface area contributed by atoms with E-state index in [1.807, 2.05) is 10.6 Å². The molecule has 1 aliphatic carbocycles. The average Bonchev–Trinajstić information content (AvgIpc) is 3.49. The summed E-state index contributed by atoms with van der Waals surface area (Å²) in [6, 6.07) is 3.80. The van der Waals surface area contributed by atoms with Crippen molar-refractivity contribution in [2.45, 2.75) is 38.6 Å². The molecule has 0 unspecified atom stereocenters. The van der Waals surface area contributed by atoms with Gasteiger partial charge < -0.3 is 25.0 Å². The van der Waals surface area contributed by atoms with E-state index in [2.05, 4.69) is 11.8 Å². The number of hydrogen-bond acceptors (Lipinski definition) is 5. The van der Waals surface area contributed by atoms with E-state index < -0.39 is 11.4 Å². The number of rotatable bonds is 9. The van der Waals surface area contributed by atoms with Gasteiger partial charge in [0.05, 0.1) is 23.7 Å². The van der Waals surface area contributed by atoms with Crippen LogP contribution in [0.2, 0.25) is 0 Å². The number of anilines is 1. The van der Waals surface area contributed by atoms with Gasteiger partial charge in [-0.15, -0.1) is 0 Å². The van der Waals surface area contributed by atoms with Crippen LogP contribution in [0.4, 0.5) is 5.69 Å². The van der Waals surface area contributed by atoms with Crippen LogP contribution in [0, 0.1) is 0 Å². The smallest absolute Gasteiger partial charge is 0.341 e. The SMILES string of the molecule is CCN(CCCCN)c1ccc2c(=O)c(C(=O)O)cn(C3CC3)c2c1OC. The minimum Gasteiger partial charge on any atom is -0.492 e. The number of hydrogen-bond donors (Lipinski definition) is 2. The maximum atomic E-state index is 12.7. The number of nitrogens with zero attached hydrogens (tertiary/aromatic N) is 2. The van der Waals surface area contributed by atoms with E-state index in [4.69, 9.17) is 10.5 Å². The van der Waals surface area contributed by atoms with Crippen molar-refractivity contribution in [3.05, 3.63) is 34.1 Å². The zero-order chi connectivity index (χ0) is 19.6. The van der Waals surface area contributed by atoms with Crippen LogP contribution in [0.5, 0.6) is 5.75 Å². The van der Waals surface area contributed by atoms with Crippen LogP contribution in [-0.2, 0) is 0 Å². The van der Waals surface area contributed by atoms with E-state index in [9.17, 15) is 14.7 Å². The highest BCUT2D eigenvalue weighted by Crippen LogP contribution is 2.42. The maximum Gasteiger partial charge on any atom is 0.341 e. The minimum absolute atomic E-state index is 0.195. The Bertz CT molecular complexity index is 902. The molecule has 0 saturated heterocycles. The van der Waals surface area contributed by atoms with E-state index in [1.54, 1.807) is 13.2 Å². The number of methoxy groups -OCH3 is 1. The third-order valence-corrected chi connectivity index (χ3v) is 5.11. The van der Waals surface area contributed by atoms with E-state index in [1.165, 1.54) is 6.20 Å². The van der Waals surface area contributed by atoms with Crippen molar-refractivity contribution in [1.82, 2.24) is 4.57 Å². The van der Waals surface area contributed by atoms with Gasteiger partial charge in [0.15, 0.2) is 5.75 Å². The molecule has 0 spiro atoms.